The molecule has 0 saturated carbocycles. The van der Waals surface area contributed by atoms with E-state index >= 15 is 0 Å². The molecule has 2 N–H and O–H groups in total. The maximum atomic E-state index is 13.6. The number of carbonyl (C=O) groups is 2. The molecule has 0 aliphatic rings. The molecule has 0 spiro atoms. The van der Waals surface area contributed by atoms with Crippen LogP contribution in [0.4, 0.5) is 4.39 Å². The van der Waals surface area contributed by atoms with E-state index in [9.17, 15) is 14.0 Å². The fourth-order valence-electron chi connectivity index (χ4n) is 2.65. The lowest BCUT2D eigenvalue weighted by atomic mass is 10.1. The van der Waals surface area contributed by atoms with Crippen LogP contribution in [0.15, 0.2) is 66.9 Å². The van der Waals surface area contributed by atoms with Gasteiger partial charge < -0.3 is 15.4 Å². The Labute approximate surface area is 174 Å². The maximum Gasteiger partial charge on any atom is 0.251 e. The van der Waals surface area contributed by atoms with E-state index in [0.717, 1.165) is 5.56 Å². The third-order valence-electron chi connectivity index (χ3n) is 4.36. The summed E-state index contributed by atoms with van der Waals surface area (Å²) in [5.74, 6) is -0.790. The highest BCUT2D eigenvalue weighted by Crippen LogP contribution is 2.12. The number of hydrogen-bond acceptors (Lipinski definition) is 4. The van der Waals surface area contributed by atoms with Crippen LogP contribution >= 0.6 is 0 Å². The highest BCUT2D eigenvalue weighted by atomic mass is 19.1. The summed E-state index contributed by atoms with van der Waals surface area (Å²) in [6, 6.07) is 17.1. The largest absolute Gasteiger partial charge is 0.473 e. The van der Waals surface area contributed by atoms with Crippen molar-refractivity contribution in [1.29, 1.82) is 0 Å². The Hall–Kier alpha value is -3.74. The van der Waals surface area contributed by atoms with E-state index in [1.54, 1.807) is 31.2 Å². The van der Waals surface area contributed by atoms with Crippen molar-refractivity contribution < 1.29 is 18.7 Å². The predicted molar refractivity (Wildman–Crippen MR) is 111 cm³/mol. The van der Waals surface area contributed by atoms with Crippen molar-refractivity contribution in [3.63, 3.8) is 0 Å². The molecular weight excluding hydrogens is 385 g/mol. The van der Waals surface area contributed by atoms with Gasteiger partial charge in [-0.05, 0) is 36.2 Å². The standard InChI is InChI=1S/C23H22FN3O3/c1-16-7-8-18(13-20(16)24)22(28)26-11-12-27-23(29)19-9-10-25-21(14-19)30-15-17-5-3-2-4-6-17/h2-10,13-14H,11-12,15H2,1H3,(H,26,28)(H,27,29). The Morgan fingerprint density at radius 1 is 0.933 bits per heavy atom. The molecule has 0 aliphatic carbocycles. The maximum absolute atomic E-state index is 13.6. The van der Waals surface area contributed by atoms with Crippen molar-refractivity contribution in [3.05, 3.63) is 94.9 Å². The van der Waals surface area contributed by atoms with Gasteiger partial charge in [0.1, 0.15) is 12.4 Å². The number of carbonyl (C=O) groups excluding carboxylic acids is 2. The Morgan fingerprint density at radius 3 is 2.27 bits per heavy atom. The van der Waals surface area contributed by atoms with Crippen molar-refractivity contribution >= 4 is 11.8 Å². The first-order valence-electron chi connectivity index (χ1n) is 9.48. The molecule has 30 heavy (non-hydrogen) atoms. The first kappa shape index (κ1) is 21.0. The van der Waals surface area contributed by atoms with Crippen LogP contribution in [0.3, 0.4) is 0 Å². The zero-order valence-electron chi connectivity index (χ0n) is 16.5. The Bertz CT molecular complexity index is 1030. The third-order valence-corrected chi connectivity index (χ3v) is 4.36. The van der Waals surface area contributed by atoms with Gasteiger partial charge in [-0.1, -0.05) is 36.4 Å². The predicted octanol–water partition coefficient (Wildman–Crippen LogP) is 3.27. The van der Waals surface area contributed by atoms with Gasteiger partial charge in [-0.3, -0.25) is 9.59 Å². The van der Waals surface area contributed by atoms with Gasteiger partial charge in [0.2, 0.25) is 5.88 Å². The Morgan fingerprint density at radius 2 is 1.60 bits per heavy atom. The average molecular weight is 407 g/mol. The smallest absolute Gasteiger partial charge is 0.251 e. The van der Waals surface area contributed by atoms with Gasteiger partial charge in [-0.2, -0.15) is 0 Å². The molecule has 3 aromatic rings. The number of nitrogens with zero attached hydrogens (tertiary/aromatic N) is 1. The van der Waals surface area contributed by atoms with E-state index < -0.39 is 11.7 Å². The second-order valence-corrected chi connectivity index (χ2v) is 6.63. The number of pyridine rings is 1. The summed E-state index contributed by atoms with van der Waals surface area (Å²) in [6.45, 7) is 2.41. The molecule has 3 rings (SSSR count). The average Bonchev–Trinajstić information content (AvgIpc) is 2.77. The van der Waals surface area contributed by atoms with Crippen LogP contribution in [0.2, 0.25) is 0 Å². The van der Waals surface area contributed by atoms with Crippen molar-refractivity contribution in [2.75, 3.05) is 13.1 Å². The van der Waals surface area contributed by atoms with Crippen molar-refractivity contribution in [3.8, 4) is 5.88 Å². The molecule has 0 atom stereocenters. The summed E-state index contributed by atoms with van der Waals surface area (Å²) in [6.07, 6.45) is 1.50. The lowest BCUT2D eigenvalue weighted by Crippen LogP contribution is -2.34. The molecule has 0 unspecified atom stereocenters. The van der Waals surface area contributed by atoms with Crippen LogP contribution in [0, 0.1) is 12.7 Å². The number of halogens is 1. The molecule has 0 fully saturated rings. The van der Waals surface area contributed by atoms with E-state index in [1.807, 2.05) is 30.3 Å². The SMILES string of the molecule is Cc1ccc(C(=O)NCCNC(=O)c2ccnc(OCc3ccccc3)c2)cc1F. The molecule has 154 valence electrons. The van der Waals surface area contributed by atoms with Gasteiger partial charge in [0.05, 0.1) is 0 Å². The minimum Gasteiger partial charge on any atom is -0.473 e. The summed E-state index contributed by atoms with van der Waals surface area (Å²) in [7, 11) is 0. The molecule has 0 radical (unpaired) electrons. The van der Waals surface area contributed by atoms with Gasteiger partial charge in [-0.15, -0.1) is 0 Å². The minimum absolute atomic E-state index is 0.211. The van der Waals surface area contributed by atoms with Gasteiger partial charge in [0, 0.05) is 36.5 Å². The number of amides is 2. The van der Waals surface area contributed by atoms with Crippen LogP contribution in [0.5, 0.6) is 5.88 Å². The molecular formula is C23H22FN3O3. The van der Waals surface area contributed by atoms with E-state index in [1.165, 1.54) is 12.3 Å². The summed E-state index contributed by atoms with van der Waals surface area (Å²) >= 11 is 0. The molecule has 2 amide bonds. The third kappa shape index (κ3) is 5.88. The normalized spacial score (nSPS) is 10.3. The van der Waals surface area contributed by atoms with Crippen LogP contribution in [-0.2, 0) is 6.61 Å². The fourth-order valence-corrected chi connectivity index (χ4v) is 2.65. The Kier molecular flexibility index (Phi) is 7.10. The van der Waals surface area contributed by atoms with E-state index in [4.69, 9.17) is 4.74 Å². The molecule has 1 aromatic heterocycles. The molecule has 0 bridgehead atoms. The van der Waals surface area contributed by atoms with Gasteiger partial charge in [-0.25, -0.2) is 9.37 Å². The van der Waals surface area contributed by atoms with Crippen molar-refractivity contribution in [1.82, 2.24) is 15.6 Å². The number of ether oxygens (including phenoxy) is 1. The zero-order valence-corrected chi connectivity index (χ0v) is 16.5. The van der Waals surface area contributed by atoms with Crippen molar-refractivity contribution in [2.24, 2.45) is 0 Å². The molecule has 6 nitrogen and oxygen atoms in total. The molecule has 2 aromatic carbocycles. The number of aryl methyl sites for hydroxylation is 1. The van der Waals surface area contributed by atoms with E-state index in [2.05, 4.69) is 15.6 Å². The number of rotatable bonds is 8. The molecule has 0 aliphatic heterocycles. The number of aromatic nitrogens is 1. The Balaban J connectivity index is 1.45. The van der Waals surface area contributed by atoms with Crippen molar-refractivity contribution in [2.45, 2.75) is 13.5 Å². The molecule has 1 heterocycles. The van der Waals surface area contributed by atoms with Gasteiger partial charge >= 0.3 is 0 Å². The lowest BCUT2D eigenvalue weighted by Gasteiger charge is -2.09. The quantitative estimate of drug-likeness (QED) is 0.562. The number of nitrogens with one attached hydrogen (secondary N) is 2. The molecule has 7 heteroatoms. The minimum atomic E-state index is -0.432. The topological polar surface area (TPSA) is 80.3 Å². The number of benzene rings is 2. The lowest BCUT2D eigenvalue weighted by molar-refractivity contribution is 0.0927. The summed E-state index contributed by atoms with van der Waals surface area (Å²) < 4.78 is 19.2. The summed E-state index contributed by atoms with van der Waals surface area (Å²) in [5, 5.41) is 5.36. The van der Waals surface area contributed by atoms with Gasteiger partial charge in [0.15, 0.2) is 0 Å². The van der Waals surface area contributed by atoms with Crippen LogP contribution in [0.1, 0.15) is 31.8 Å². The second kappa shape index (κ2) is 10.2. The monoisotopic (exact) mass is 407 g/mol. The molecule has 0 saturated heterocycles. The van der Waals surface area contributed by atoms with Crippen LogP contribution in [-0.4, -0.2) is 29.9 Å². The zero-order chi connectivity index (χ0) is 21.3. The van der Waals surface area contributed by atoms with Gasteiger partial charge in [0.25, 0.3) is 11.8 Å². The summed E-state index contributed by atoms with van der Waals surface area (Å²) in [4.78, 5) is 28.5. The highest BCUT2D eigenvalue weighted by molar-refractivity contribution is 5.95. The van der Waals surface area contributed by atoms with Crippen LogP contribution in [0.25, 0.3) is 0 Å². The highest BCUT2D eigenvalue weighted by Gasteiger charge is 2.10. The first-order chi connectivity index (χ1) is 14.5. The van der Waals surface area contributed by atoms with E-state index in [-0.39, 0.29) is 24.6 Å². The summed E-state index contributed by atoms with van der Waals surface area (Å²) in [5.41, 5.74) is 2.11. The fraction of sp³-hybridized carbons (Fsp3) is 0.174. The second-order valence-electron chi connectivity index (χ2n) is 6.63. The first-order valence-corrected chi connectivity index (χ1v) is 9.48. The number of hydrogen-bond donors (Lipinski definition) is 2. The van der Waals surface area contributed by atoms with Crippen LogP contribution < -0.4 is 15.4 Å². The van der Waals surface area contributed by atoms with E-state index in [0.29, 0.717) is 23.6 Å².